The molecule has 1 saturated heterocycles. The summed E-state index contributed by atoms with van der Waals surface area (Å²) in [6, 6.07) is 31.1. The van der Waals surface area contributed by atoms with Crippen LogP contribution in [-0.4, -0.2) is 28.5 Å². The lowest BCUT2D eigenvalue weighted by Crippen LogP contribution is -2.35. The van der Waals surface area contributed by atoms with Gasteiger partial charge in [-0.2, -0.15) is 23.5 Å². The summed E-state index contributed by atoms with van der Waals surface area (Å²) in [6.45, 7) is 0.427. The molecule has 0 radical (unpaired) electrons. The van der Waals surface area contributed by atoms with Gasteiger partial charge in [-0.25, -0.2) is 5.06 Å². The van der Waals surface area contributed by atoms with Crippen LogP contribution in [0.2, 0.25) is 0 Å². The molecule has 0 N–H and O–H groups in total. The first-order valence-electron chi connectivity index (χ1n) is 11.0. The van der Waals surface area contributed by atoms with E-state index in [0.29, 0.717) is 6.61 Å². The average molecular weight is 464 g/mol. The van der Waals surface area contributed by atoms with Gasteiger partial charge in [-0.05, 0) is 23.1 Å². The molecule has 1 amide bonds. The highest BCUT2D eigenvalue weighted by Gasteiger charge is 2.40. The third-order valence-electron chi connectivity index (χ3n) is 5.52. The van der Waals surface area contributed by atoms with Crippen LogP contribution in [0.1, 0.15) is 23.1 Å². The fourth-order valence-electron chi connectivity index (χ4n) is 3.83. The summed E-state index contributed by atoms with van der Waals surface area (Å²) in [6.07, 6.45) is 0.858. The van der Waals surface area contributed by atoms with Crippen molar-refractivity contribution in [1.82, 2.24) is 5.06 Å². The fourth-order valence-corrected chi connectivity index (χ4v) is 6.03. The van der Waals surface area contributed by atoms with Crippen LogP contribution in [0.4, 0.5) is 0 Å². The molecular weight excluding hydrogens is 434 g/mol. The van der Waals surface area contributed by atoms with Crippen molar-refractivity contribution >= 4 is 29.4 Å². The molecule has 3 nitrogen and oxygen atoms in total. The molecule has 3 aromatic carbocycles. The normalized spacial score (nSPS) is 18.2. The highest BCUT2D eigenvalue weighted by molar-refractivity contribution is 7.98. The Morgan fingerprint density at radius 1 is 0.719 bits per heavy atom. The van der Waals surface area contributed by atoms with Crippen molar-refractivity contribution in [3.8, 4) is 0 Å². The van der Waals surface area contributed by atoms with Crippen LogP contribution in [0.25, 0.3) is 0 Å². The summed E-state index contributed by atoms with van der Waals surface area (Å²) >= 11 is 3.71. The van der Waals surface area contributed by atoms with Gasteiger partial charge < -0.3 is 0 Å². The van der Waals surface area contributed by atoms with E-state index in [0.717, 1.165) is 35.0 Å². The minimum atomic E-state index is 0.0156. The van der Waals surface area contributed by atoms with Crippen molar-refractivity contribution in [2.24, 2.45) is 5.92 Å². The van der Waals surface area contributed by atoms with E-state index in [2.05, 4.69) is 48.5 Å². The Hall–Kier alpha value is -2.21. The zero-order valence-corrected chi connectivity index (χ0v) is 19.8. The topological polar surface area (TPSA) is 29.5 Å². The van der Waals surface area contributed by atoms with Crippen LogP contribution < -0.4 is 0 Å². The monoisotopic (exact) mass is 463 g/mol. The first-order chi connectivity index (χ1) is 15.8. The van der Waals surface area contributed by atoms with Crippen molar-refractivity contribution < 1.29 is 9.63 Å². The van der Waals surface area contributed by atoms with Crippen LogP contribution >= 0.6 is 23.5 Å². The molecule has 1 aliphatic heterocycles. The molecule has 32 heavy (non-hydrogen) atoms. The SMILES string of the molecule is O=C1[C@H](CSCc2ccccc2)C[C@H](CSCc2ccccc2)N1OCc1ccccc1. The quantitative estimate of drug-likeness (QED) is 0.338. The van der Waals surface area contributed by atoms with E-state index >= 15 is 0 Å². The molecule has 0 aliphatic carbocycles. The zero-order valence-electron chi connectivity index (χ0n) is 18.1. The maximum absolute atomic E-state index is 13.2. The molecule has 2 atom stereocenters. The van der Waals surface area contributed by atoms with Gasteiger partial charge >= 0.3 is 0 Å². The number of benzene rings is 3. The second-order valence-corrected chi connectivity index (χ2v) is 10.1. The van der Waals surface area contributed by atoms with Gasteiger partial charge in [0.15, 0.2) is 0 Å². The van der Waals surface area contributed by atoms with Crippen LogP contribution in [0.5, 0.6) is 0 Å². The summed E-state index contributed by atoms with van der Waals surface area (Å²) in [5.41, 5.74) is 3.70. The van der Waals surface area contributed by atoms with E-state index in [1.54, 1.807) is 5.06 Å². The van der Waals surface area contributed by atoms with Gasteiger partial charge in [0, 0.05) is 23.0 Å². The van der Waals surface area contributed by atoms with E-state index < -0.39 is 0 Å². The van der Waals surface area contributed by atoms with Crippen LogP contribution in [-0.2, 0) is 27.7 Å². The van der Waals surface area contributed by atoms with Crippen LogP contribution in [0.3, 0.4) is 0 Å². The van der Waals surface area contributed by atoms with Crippen molar-refractivity contribution in [3.63, 3.8) is 0 Å². The second kappa shape index (κ2) is 12.1. The van der Waals surface area contributed by atoms with Gasteiger partial charge in [-0.3, -0.25) is 9.63 Å². The minimum absolute atomic E-state index is 0.0156. The van der Waals surface area contributed by atoms with E-state index in [9.17, 15) is 4.79 Å². The van der Waals surface area contributed by atoms with Crippen LogP contribution in [0, 0.1) is 5.92 Å². The van der Waals surface area contributed by atoms with Gasteiger partial charge in [0.2, 0.25) is 5.91 Å². The average Bonchev–Trinajstić information content (AvgIpc) is 3.14. The number of amides is 1. The van der Waals surface area contributed by atoms with Crippen molar-refractivity contribution in [2.75, 3.05) is 11.5 Å². The van der Waals surface area contributed by atoms with Crippen LogP contribution in [0.15, 0.2) is 91.0 Å². The molecule has 4 rings (SSSR count). The Morgan fingerprint density at radius 3 is 1.78 bits per heavy atom. The summed E-state index contributed by atoms with van der Waals surface area (Å²) in [4.78, 5) is 19.3. The number of rotatable bonds is 11. The summed E-state index contributed by atoms with van der Waals surface area (Å²) in [5.74, 6) is 3.75. The minimum Gasteiger partial charge on any atom is -0.272 e. The van der Waals surface area contributed by atoms with Gasteiger partial charge in [0.1, 0.15) is 6.61 Å². The fraction of sp³-hybridized carbons (Fsp3) is 0.296. The number of nitrogens with zero attached hydrogens (tertiary/aromatic N) is 1. The highest BCUT2D eigenvalue weighted by atomic mass is 32.2. The number of hydroxylamine groups is 2. The largest absolute Gasteiger partial charge is 0.272 e. The lowest BCUT2D eigenvalue weighted by molar-refractivity contribution is -0.193. The molecule has 5 heteroatoms. The van der Waals surface area contributed by atoms with Gasteiger partial charge in [-0.15, -0.1) is 0 Å². The standard InChI is InChI=1S/C27H29NO2S2/c29-27-25(20-31-18-23-12-6-2-7-13-23)16-26(21-32-19-24-14-8-3-9-15-24)28(27)30-17-22-10-4-1-5-11-22/h1-15,25-26H,16-21H2/t25-,26+/m0/s1. The maximum atomic E-state index is 13.2. The number of carbonyl (C=O) groups excluding carboxylic acids is 1. The smallest absolute Gasteiger partial charge is 0.250 e. The number of hydrogen-bond donors (Lipinski definition) is 0. The Labute approximate surface area is 199 Å². The van der Waals surface area contributed by atoms with Crippen molar-refractivity contribution in [2.45, 2.75) is 30.6 Å². The van der Waals surface area contributed by atoms with Crippen molar-refractivity contribution in [3.05, 3.63) is 108 Å². The lowest BCUT2D eigenvalue weighted by atomic mass is 10.1. The third-order valence-corrected chi connectivity index (χ3v) is 7.85. The second-order valence-electron chi connectivity index (χ2n) is 8.01. The number of carbonyl (C=O) groups is 1. The maximum Gasteiger partial charge on any atom is 0.250 e. The molecule has 1 aliphatic rings. The predicted octanol–water partition coefficient (Wildman–Crippen LogP) is 6.20. The van der Waals surface area contributed by atoms with Gasteiger partial charge in [0.25, 0.3) is 0 Å². The molecule has 3 aromatic rings. The Morgan fingerprint density at radius 2 is 1.22 bits per heavy atom. The lowest BCUT2D eigenvalue weighted by Gasteiger charge is -2.23. The van der Waals surface area contributed by atoms with Gasteiger partial charge in [-0.1, -0.05) is 91.0 Å². The van der Waals surface area contributed by atoms with Crippen molar-refractivity contribution in [1.29, 1.82) is 0 Å². The molecule has 0 unspecified atom stereocenters. The number of hydrogen-bond acceptors (Lipinski definition) is 4. The molecule has 166 valence electrons. The molecule has 0 saturated carbocycles. The Bertz CT molecular complexity index is 953. The molecule has 1 heterocycles. The molecule has 0 spiro atoms. The predicted molar refractivity (Wildman–Crippen MR) is 135 cm³/mol. The first-order valence-corrected chi connectivity index (χ1v) is 13.3. The first kappa shape index (κ1) is 23.0. The Kier molecular flexibility index (Phi) is 8.71. The molecular formula is C27H29NO2S2. The van der Waals surface area contributed by atoms with Gasteiger partial charge in [0.05, 0.1) is 12.0 Å². The van der Waals surface area contributed by atoms with E-state index in [-0.39, 0.29) is 17.9 Å². The third kappa shape index (κ3) is 6.64. The summed E-state index contributed by atoms with van der Waals surface area (Å²) < 4.78 is 0. The molecule has 1 fully saturated rings. The van der Waals surface area contributed by atoms with E-state index in [4.69, 9.17) is 4.84 Å². The molecule has 0 aromatic heterocycles. The molecule has 0 bridgehead atoms. The Balaban J connectivity index is 1.33. The van der Waals surface area contributed by atoms with E-state index in [1.807, 2.05) is 66.0 Å². The van der Waals surface area contributed by atoms with E-state index in [1.165, 1.54) is 11.1 Å². The zero-order chi connectivity index (χ0) is 22.0. The highest BCUT2D eigenvalue weighted by Crippen LogP contribution is 2.32. The number of thioether (sulfide) groups is 2. The summed E-state index contributed by atoms with van der Waals surface area (Å²) in [5, 5.41) is 1.68. The summed E-state index contributed by atoms with van der Waals surface area (Å²) in [7, 11) is 0.